The molecule has 1 aliphatic heterocycles. The van der Waals surface area contributed by atoms with E-state index in [2.05, 4.69) is 9.98 Å². The fourth-order valence-electron chi connectivity index (χ4n) is 2.93. The van der Waals surface area contributed by atoms with Gasteiger partial charge in [0.05, 0.1) is 36.7 Å². The van der Waals surface area contributed by atoms with Crippen molar-refractivity contribution in [2.24, 2.45) is 4.99 Å². The van der Waals surface area contributed by atoms with Crippen molar-refractivity contribution in [3.8, 4) is 10.6 Å². The van der Waals surface area contributed by atoms with E-state index in [1.807, 2.05) is 24.3 Å². The molecule has 2 N–H and O–H groups in total. The molecule has 0 aromatic heterocycles. The Balaban J connectivity index is 2.02. The molecular weight excluding hydrogens is 448 g/mol. The van der Waals surface area contributed by atoms with Gasteiger partial charge in [-0.2, -0.15) is 16.8 Å². The lowest BCUT2D eigenvalue weighted by Crippen LogP contribution is -2.09. The van der Waals surface area contributed by atoms with Crippen LogP contribution in [0.15, 0.2) is 69.4 Å². The summed E-state index contributed by atoms with van der Waals surface area (Å²) in [5.41, 5.74) is 1.93. The van der Waals surface area contributed by atoms with E-state index >= 15 is 0 Å². The Morgan fingerprint density at radius 1 is 0.933 bits per heavy atom. The molecule has 0 saturated carbocycles. The van der Waals surface area contributed by atoms with Crippen molar-refractivity contribution in [2.45, 2.75) is 16.7 Å². The van der Waals surface area contributed by atoms with E-state index < -0.39 is 30.0 Å². The number of rotatable bonds is 3. The van der Waals surface area contributed by atoms with E-state index in [4.69, 9.17) is 0 Å². The van der Waals surface area contributed by atoms with Crippen LogP contribution in [0.5, 0.6) is 0 Å². The summed E-state index contributed by atoms with van der Waals surface area (Å²) in [6, 6.07) is 13.8. The molecule has 0 saturated heterocycles. The topological polar surface area (TPSA) is 134 Å². The fourth-order valence-corrected chi connectivity index (χ4v) is 5.02. The highest BCUT2D eigenvalue weighted by Crippen LogP contribution is 2.31. The molecular formula is C19H14N2O6S3. The number of aromatic nitrogens is 1. The van der Waals surface area contributed by atoms with Crippen LogP contribution in [0.2, 0.25) is 0 Å². The third-order valence-electron chi connectivity index (χ3n) is 4.35. The summed E-state index contributed by atoms with van der Waals surface area (Å²) in [4.78, 5) is 8.56. The average Bonchev–Trinajstić information content (AvgIpc) is 2.65. The Hall–Kier alpha value is -2.70. The highest BCUT2D eigenvalue weighted by Gasteiger charge is 2.20. The molecule has 8 nitrogen and oxygen atoms in total. The minimum Gasteiger partial charge on any atom is -0.282 e. The molecule has 0 radical (unpaired) electrons. The second-order valence-corrected chi connectivity index (χ2v) is 10.4. The number of aryl methyl sites for hydroxylation is 1. The van der Waals surface area contributed by atoms with Gasteiger partial charge in [0.2, 0.25) is 0 Å². The van der Waals surface area contributed by atoms with E-state index in [-0.39, 0.29) is 5.69 Å². The summed E-state index contributed by atoms with van der Waals surface area (Å²) in [5.74, 6) is 0. The normalized spacial score (nSPS) is 13.2. The fraction of sp³-hybridized carbons (Fsp3) is 0.0526. The molecule has 0 unspecified atom stereocenters. The molecule has 1 aliphatic carbocycles. The van der Waals surface area contributed by atoms with Crippen molar-refractivity contribution in [1.82, 2.24) is 4.98 Å². The molecule has 0 bridgehead atoms. The Morgan fingerprint density at radius 3 is 2.37 bits per heavy atom. The second kappa shape index (κ2) is 7.22. The van der Waals surface area contributed by atoms with Crippen LogP contribution in [0.1, 0.15) is 5.56 Å². The molecule has 1 heterocycles. The average molecular weight is 463 g/mol. The van der Waals surface area contributed by atoms with E-state index in [9.17, 15) is 25.9 Å². The molecule has 2 aromatic rings. The molecule has 0 fully saturated rings. The van der Waals surface area contributed by atoms with Crippen LogP contribution < -0.4 is 5.36 Å². The maximum absolute atomic E-state index is 11.7. The number of hydrogen-bond donors (Lipinski definition) is 2. The van der Waals surface area contributed by atoms with Gasteiger partial charge in [-0.25, -0.2) is 9.98 Å². The lowest BCUT2D eigenvalue weighted by Gasteiger charge is -2.09. The van der Waals surface area contributed by atoms with Gasteiger partial charge in [-0.15, -0.1) is 11.3 Å². The minimum atomic E-state index is -4.68. The monoisotopic (exact) mass is 462 g/mol. The molecule has 0 atom stereocenters. The highest BCUT2D eigenvalue weighted by atomic mass is 32.2. The first-order valence-corrected chi connectivity index (χ1v) is 12.2. The van der Waals surface area contributed by atoms with Crippen LogP contribution in [0.3, 0.4) is 0 Å². The van der Waals surface area contributed by atoms with Gasteiger partial charge >= 0.3 is 0 Å². The molecule has 0 amide bonds. The van der Waals surface area contributed by atoms with Crippen LogP contribution in [-0.2, 0) is 20.2 Å². The number of fused-ring (bicyclic) bond motifs is 2. The van der Waals surface area contributed by atoms with Gasteiger partial charge in [0.25, 0.3) is 20.2 Å². The lowest BCUT2D eigenvalue weighted by molar-refractivity contribution is 0.478. The predicted octanol–water partition coefficient (Wildman–Crippen LogP) is 3.44. The Kier molecular flexibility index (Phi) is 4.95. The van der Waals surface area contributed by atoms with Crippen molar-refractivity contribution in [3.63, 3.8) is 0 Å². The number of benzene rings is 3. The molecule has 30 heavy (non-hydrogen) atoms. The first-order chi connectivity index (χ1) is 14.0. The van der Waals surface area contributed by atoms with Crippen molar-refractivity contribution < 1.29 is 25.9 Å². The van der Waals surface area contributed by atoms with Crippen molar-refractivity contribution in [2.75, 3.05) is 0 Å². The largest absolute Gasteiger partial charge is 0.296 e. The van der Waals surface area contributed by atoms with Crippen molar-refractivity contribution >= 4 is 47.5 Å². The van der Waals surface area contributed by atoms with Gasteiger partial charge in [0, 0.05) is 0 Å². The highest BCUT2D eigenvalue weighted by molar-refractivity contribution is 7.86. The zero-order chi connectivity index (χ0) is 21.7. The van der Waals surface area contributed by atoms with Crippen LogP contribution in [-0.4, -0.2) is 30.9 Å². The third kappa shape index (κ3) is 3.98. The number of nitrogens with zero attached hydrogens (tertiary/aromatic N) is 2. The molecule has 154 valence electrons. The second-order valence-electron chi connectivity index (χ2n) is 6.48. The number of hydrogen-bond acceptors (Lipinski definition) is 7. The van der Waals surface area contributed by atoms with Gasteiger partial charge in [-0.05, 0) is 55.0 Å². The molecule has 2 aromatic carbocycles. The third-order valence-corrected chi connectivity index (χ3v) is 7.21. The summed E-state index contributed by atoms with van der Waals surface area (Å²) >= 11 is 1.48. The SMILES string of the molecule is Cc1cc2nc3ccccc3sc-2c/c1=N\c1cc(S(=O)(=O)O)ccc1S(=O)(=O)O. The first kappa shape index (κ1) is 20.6. The van der Waals surface area contributed by atoms with Crippen molar-refractivity contribution in [1.29, 1.82) is 0 Å². The quantitative estimate of drug-likeness (QED) is 0.352. The van der Waals surface area contributed by atoms with Crippen LogP contribution in [0.25, 0.3) is 20.8 Å². The summed E-state index contributed by atoms with van der Waals surface area (Å²) in [6.45, 7) is 1.75. The zero-order valence-corrected chi connectivity index (χ0v) is 17.8. The van der Waals surface area contributed by atoms with E-state index in [1.165, 1.54) is 11.3 Å². The van der Waals surface area contributed by atoms with Gasteiger partial charge in [-0.1, -0.05) is 12.1 Å². The predicted molar refractivity (Wildman–Crippen MR) is 112 cm³/mol. The minimum absolute atomic E-state index is 0.311. The van der Waals surface area contributed by atoms with Crippen LogP contribution >= 0.6 is 11.3 Å². The van der Waals surface area contributed by atoms with Crippen molar-refractivity contribution in [3.05, 3.63) is 65.5 Å². The summed E-state index contributed by atoms with van der Waals surface area (Å²) in [7, 11) is -9.27. The summed E-state index contributed by atoms with van der Waals surface area (Å²) < 4.78 is 66.1. The van der Waals surface area contributed by atoms with Crippen LogP contribution in [0.4, 0.5) is 5.69 Å². The molecule has 11 heteroatoms. The standard InChI is InChI=1S/C19H14N2O6S3/c1-11-8-15-18(28-17-5-3-2-4-13(17)20-15)10-14(11)21-16-9-12(29(22,23)24)6-7-19(16)30(25,26)27/h2-10H,1H3,(H,22,23,24)(H,25,26,27)/b21-14+. The lowest BCUT2D eigenvalue weighted by atomic mass is 10.1. The van der Waals surface area contributed by atoms with E-state index in [1.54, 1.807) is 19.1 Å². The summed E-state index contributed by atoms with van der Waals surface area (Å²) in [6.07, 6.45) is 0. The zero-order valence-electron chi connectivity index (χ0n) is 15.3. The Morgan fingerprint density at radius 2 is 1.67 bits per heavy atom. The maximum atomic E-state index is 11.7. The smallest absolute Gasteiger partial charge is 0.282 e. The number of para-hydroxylation sites is 1. The Bertz CT molecular complexity index is 1560. The van der Waals surface area contributed by atoms with Gasteiger partial charge in [0.1, 0.15) is 4.90 Å². The van der Waals surface area contributed by atoms with Gasteiger partial charge < -0.3 is 0 Å². The van der Waals surface area contributed by atoms with E-state index in [0.29, 0.717) is 10.9 Å². The molecule has 2 aliphatic rings. The van der Waals surface area contributed by atoms with E-state index in [0.717, 1.165) is 39.0 Å². The maximum Gasteiger partial charge on any atom is 0.296 e. The van der Waals surface area contributed by atoms with Gasteiger partial charge in [0.15, 0.2) is 0 Å². The Labute approximate surface area is 176 Å². The van der Waals surface area contributed by atoms with Gasteiger partial charge in [-0.3, -0.25) is 9.11 Å². The van der Waals surface area contributed by atoms with Crippen LogP contribution in [0, 0.1) is 6.92 Å². The molecule has 4 rings (SSSR count). The first-order valence-electron chi connectivity index (χ1n) is 8.46. The summed E-state index contributed by atoms with van der Waals surface area (Å²) in [5, 5.41) is 0.369. The molecule has 0 spiro atoms.